The number of ether oxygens (including phenoxy) is 2. The van der Waals surface area contributed by atoms with Crippen molar-refractivity contribution >= 4 is 28.0 Å². The highest BCUT2D eigenvalue weighted by molar-refractivity contribution is 6.01. The molecule has 32 heavy (non-hydrogen) atoms. The van der Waals surface area contributed by atoms with Crippen LogP contribution in [0.1, 0.15) is 5.69 Å². The molecule has 0 atom stereocenters. The average molecular weight is 431 g/mol. The Balaban J connectivity index is 1.26. The topological polar surface area (TPSA) is 110 Å². The van der Waals surface area contributed by atoms with E-state index in [9.17, 15) is 9.59 Å². The van der Waals surface area contributed by atoms with Gasteiger partial charge in [0, 0.05) is 10.9 Å². The van der Waals surface area contributed by atoms with Crippen molar-refractivity contribution < 1.29 is 23.1 Å². The minimum atomic E-state index is -0.613. The molecule has 0 aliphatic rings. The van der Waals surface area contributed by atoms with E-state index in [-0.39, 0.29) is 18.7 Å². The molecule has 0 N–H and O–H groups in total. The van der Waals surface area contributed by atoms with Gasteiger partial charge in [-0.3, -0.25) is 14.2 Å². The van der Waals surface area contributed by atoms with E-state index in [0.717, 1.165) is 21.3 Å². The molecule has 0 saturated carbocycles. The van der Waals surface area contributed by atoms with Crippen LogP contribution in [-0.4, -0.2) is 27.6 Å². The molecule has 0 bridgehead atoms. The first-order valence-corrected chi connectivity index (χ1v) is 9.73. The maximum atomic E-state index is 12.7. The molecule has 0 fully saturated rings. The molecule has 0 amide bonds. The molecule has 2 aromatic carbocycles. The van der Waals surface area contributed by atoms with Crippen molar-refractivity contribution in [1.82, 2.24) is 14.5 Å². The van der Waals surface area contributed by atoms with Gasteiger partial charge in [-0.25, -0.2) is 9.97 Å². The zero-order chi connectivity index (χ0) is 22.1. The van der Waals surface area contributed by atoms with Crippen LogP contribution in [0.15, 0.2) is 74.8 Å². The molecule has 9 nitrogen and oxygen atoms in total. The summed E-state index contributed by atoms with van der Waals surface area (Å²) in [4.78, 5) is 33.6. The summed E-state index contributed by atoms with van der Waals surface area (Å²) >= 11 is 0. The number of carbonyl (C=O) groups excluding carboxylic acids is 1. The highest BCUT2D eigenvalue weighted by Crippen LogP contribution is 2.24. The third kappa shape index (κ3) is 3.60. The number of esters is 1. The van der Waals surface area contributed by atoms with Crippen LogP contribution in [0.2, 0.25) is 0 Å². The number of furan rings is 1. The van der Waals surface area contributed by atoms with Crippen molar-refractivity contribution in [2.75, 3.05) is 7.11 Å². The highest BCUT2D eigenvalue weighted by Gasteiger charge is 2.16. The molecule has 3 aromatic heterocycles. The summed E-state index contributed by atoms with van der Waals surface area (Å²) in [5, 5.41) is 0.744. The van der Waals surface area contributed by atoms with Gasteiger partial charge in [-0.1, -0.05) is 12.1 Å². The number of rotatable bonds is 6. The quantitative estimate of drug-likeness (QED) is 0.376. The van der Waals surface area contributed by atoms with Gasteiger partial charge in [-0.05, 0) is 36.4 Å². The van der Waals surface area contributed by atoms with E-state index in [1.807, 2.05) is 30.3 Å². The van der Waals surface area contributed by atoms with Crippen molar-refractivity contribution in [2.24, 2.45) is 0 Å². The summed E-state index contributed by atoms with van der Waals surface area (Å²) in [6.45, 7) is -0.393. The van der Waals surface area contributed by atoms with Crippen LogP contribution >= 0.6 is 0 Å². The molecule has 0 aliphatic heterocycles. The van der Waals surface area contributed by atoms with Crippen molar-refractivity contribution in [2.45, 2.75) is 13.2 Å². The van der Waals surface area contributed by atoms with E-state index in [2.05, 4.69) is 9.97 Å². The normalized spacial score (nSPS) is 11.2. The van der Waals surface area contributed by atoms with Crippen LogP contribution < -0.4 is 10.3 Å². The van der Waals surface area contributed by atoms with Crippen molar-refractivity contribution in [3.8, 4) is 17.2 Å². The minimum Gasteiger partial charge on any atom is -0.497 e. The molecule has 0 unspecified atom stereocenters. The Hall–Kier alpha value is -4.40. The van der Waals surface area contributed by atoms with E-state index in [1.54, 1.807) is 25.3 Å². The molecular formula is C23H17N3O6. The number of hydrogen-bond donors (Lipinski definition) is 0. The van der Waals surface area contributed by atoms with Gasteiger partial charge < -0.3 is 18.3 Å². The van der Waals surface area contributed by atoms with Gasteiger partial charge in [0.2, 0.25) is 11.5 Å². The van der Waals surface area contributed by atoms with Crippen LogP contribution in [0.4, 0.5) is 0 Å². The number of nitrogens with zero attached hydrogens (tertiary/aromatic N) is 3. The Labute approximate surface area is 180 Å². The zero-order valence-corrected chi connectivity index (χ0v) is 17.0. The molecule has 0 aliphatic carbocycles. The number of aromatic nitrogens is 3. The summed E-state index contributed by atoms with van der Waals surface area (Å²) in [5.41, 5.74) is 1.88. The lowest BCUT2D eigenvalue weighted by atomic mass is 10.2. The zero-order valence-electron chi connectivity index (χ0n) is 17.0. The van der Waals surface area contributed by atoms with E-state index in [1.165, 1.54) is 12.6 Å². The van der Waals surface area contributed by atoms with Crippen molar-refractivity contribution in [3.63, 3.8) is 0 Å². The molecule has 0 radical (unpaired) electrons. The van der Waals surface area contributed by atoms with Gasteiger partial charge in [0.05, 0.1) is 13.4 Å². The smallest absolute Gasteiger partial charge is 0.326 e. The fourth-order valence-corrected chi connectivity index (χ4v) is 3.31. The monoisotopic (exact) mass is 431 g/mol. The largest absolute Gasteiger partial charge is 0.497 e. The van der Waals surface area contributed by atoms with Gasteiger partial charge in [0.1, 0.15) is 42.0 Å². The Bertz CT molecular complexity index is 1480. The van der Waals surface area contributed by atoms with E-state index >= 15 is 0 Å². The fourth-order valence-electron chi connectivity index (χ4n) is 3.31. The summed E-state index contributed by atoms with van der Waals surface area (Å²) in [6, 6.07) is 14.4. The summed E-state index contributed by atoms with van der Waals surface area (Å²) in [7, 11) is 1.59. The van der Waals surface area contributed by atoms with Gasteiger partial charge in [0.15, 0.2) is 0 Å². The summed E-state index contributed by atoms with van der Waals surface area (Å²) in [5.74, 6) is 0.507. The van der Waals surface area contributed by atoms with Crippen LogP contribution in [-0.2, 0) is 22.7 Å². The summed E-state index contributed by atoms with van der Waals surface area (Å²) < 4.78 is 22.6. The van der Waals surface area contributed by atoms with E-state index in [0.29, 0.717) is 22.7 Å². The number of carbonyl (C=O) groups is 1. The maximum Gasteiger partial charge on any atom is 0.326 e. The first-order chi connectivity index (χ1) is 15.6. The lowest BCUT2D eigenvalue weighted by Crippen LogP contribution is -2.25. The van der Waals surface area contributed by atoms with Gasteiger partial charge in [-0.2, -0.15) is 0 Å². The predicted molar refractivity (Wildman–Crippen MR) is 114 cm³/mol. The van der Waals surface area contributed by atoms with Crippen molar-refractivity contribution in [3.05, 3.63) is 77.2 Å². The molecular weight excluding hydrogens is 414 g/mol. The maximum absolute atomic E-state index is 12.7. The highest BCUT2D eigenvalue weighted by atomic mass is 16.5. The first kappa shape index (κ1) is 19.6. The second kappa shape index (κ2) is 8.03. The van der Waals surface area contributed by atoms with Crippen LogP contribution in [0.3, 0.4) is 0 Å². The third-order valence-electron chi connectivity index (χ3n) is 4.92. The van der Waals surface area contributed by atoms with E-state index in [4.69, 9.17) is 18.3 Å². The van der Waals surface area contributed by atoms with Crippen molar-refractivity contribution in [1.29, 1.82) is 0 Å². The number of para-hydroxylation sites is 1. The fraction of sp³-hybridized carbons (Fsp3) is 0.130. The lowest BCUT2D eigenvalue weighted by molar-refractivity contribution is -0.145. The Morgan fingerprint density at radius 2 is 1.94 bits per heavy atom. The average Bonchev–Trinajstić information content (AvgIpc) is 3.45. The molecule has 0 saturated heterocycles. The molecule has 0 spiro atoms. The first-order valence-electron chi connectivity index (χ1n) is 9.73. The number of fused-ring (bicyclic) bond motifs is 3. The van der Waals surface area contributed by atoms with Crippen LogP contribution in [0, 0.1) is 0 Å². The molecule has 5 aromatic rings. The molecule has 160 valence electrons. The molecule has 5 rings (SSSR count). The van der Waals surface area contributed by atoms with E-state index < -0.39 is 11.5 Å². The number of benzene rings is 2. The Kier molecular flexibility index (Phi) is 4.91. The van der Waals surface area contributed by atoms with Crippen LogP contribution in [0.5, 0.6) is 5.75 Å². The number of hydrogen-bond acceptors (Lipinski definition) is 8. The summed E-state index contributed by atoms with van der Waals surface area (Å²) in [6.07, 6.45) is 2.73. The van der Waals surface area contributed by atoms with Gasteiger partial charge >= 0.3 is 5.97 Å². The SMILES string of the molecule is COc1ccc(-c2nc(COC(=O)Cn3cnc4c(oc5ccccc54)c3=O)co2)cc1. The van der Waals surface area contributed by atoms with Crippen LogP contribution in [0.25, 0.3) is 33.5 Å². The van der Waals surface area contributed by atoms with Gasteiger partial charge in [-0.15, -0.1) is 0 Å². The number of methoxy groups -OCH3 is 1. The van der Waals surface area contributed by atoms with Gasteiger partial charge in [0.25, 0.3) is 5.56 Å². The lowest BCUT2D eigenvalue weighted by Gasteiger charge is -2.05. The third-order valence-corrected chi connectivity index (χ3v) is 4.92. The molecule has 3 heterocycles. The second-order valence-electron chi connectivity index (χ2n) is 6.99. The molecule has 9 heteroatoms. The minimum absolute atomic E-state index is 0.0897. The Morgan fingerprint density at radius 1 is 1.12 bits per heavy atom. The predicted octanol–water partition coefficient (Wildman–Crippen LogP) is 3.55. The second-order valence-corrected chi connectivity index (χ2v) is 6.99. The Morgan fingerprint density at radius 3 is 2.75 bits per heavy atom. The number of oxazole rings is 1. The standard InChI is InChI=1S/C23H17N3O6/c1-29-16-8-6-14(7-9-16)22-25-15(12-31-22)11-30-19(27)10-26-13-24-20-17-4-2-3-5-18(17)32-21(20)23(26)28/h2-9,12-13H,10-11H2,1H3.